The number of ether oxygens (including phenoxy) is 2. The first-order valence-electron chi connectivity index (χ1n) is 9.85. The number of nitrogen functional groups attached to an aromatic ring is 1. The molecule has 0 amide bonds. The quantitative estimate of drug-likeness (QED) is 0.739. The van der Waals surface area contributed by atoms with Crippen molar-refractivity contribution in [1.29, 1.82) is 0 Å². The maximum absolute atomic E-state index is 6.19. The van der Waals surface area contributed by atoms with Crippen LogP contribution in [0.3, 0.4) is 0 Å². The normalized spacial score (nSPS) is 22.4. The van der Waals surface area contributed by atoms with E-state index in [4.69, 9.17) is 25.3 Å². The summed E-state index contributed by atoms with van der Waals surface area (Å²) in [6.07, 6.45) is 2.24. The molecule has 0 saturated carbocycles. The number of nitrogens with two attached hydrogens (primary N) is 1. The second-order valence-corrected chi connectivity index (χ2v) is 8.41. The van der Waals surface area contributed by atoms with Crippen molar-refractivity contribution in [1.82, 2.24) is 24.5 Å². The van der Waals surface area contributed by atoms with Crippen molar-refractivity contribution < 1.29 is 9.47 Å². The maximum Gasteiger partial charge on any atom is 0.223 e. The van der Waals surface area contributed by atoms with Gasteiger partial charge in [-0.25, -0.2) is 9.97 Å². The van der Waals surface area contributed by atoms with Gasteiger partial charge < -0.3 is 20.1 Å². The van der Waals surface area contributed by atoms with E-state index in [0.29, 0.717) is 17.6 Å². The molecular formula is C20H26N6O2. The predicted molar refractivity (Wildman–Crippen MR) is 107 cm³/mol. The standard InChI is InChI=1S/C20H26N6O2/c1-20(11-28-12-20)10-25-8-4-5-13(9-25)17-23-18-14-6-3-7-15(27-2)16(14)22-19(21)26(18)24-17/h3,6-7,13H,4-5,8-12H2,1-2H3,(H2,21,22). The number of rotatable bonds is 4. The van der Waals surface area contributed by atoms with Crippen LogP contribution in [-0.2, 0) is 4.74 Å². The number of nitrogens with zero attached hydrogens (tertiary/aromatic N) is 5. The van der Waals surface area contributed by atoms with Crippen molar-refractivity contribution in [3.8, 4) is 5.75 Å². The molecule has 0 spiro atoms. The fourth-order valence-electron chi connectivity index (χ4n) is 4.47. The van der Waals surface area contributed by atoms with Crippen LogP contribution >= 0.6 is 0 Å². The van der Waals surface area contributed by atoms with Crippen molar-refractivity contribution >= 4 is 22.5 Å². The van der Waals surface area contributed by atoms with Crippen LogP contribution in [0.25, 0.3) is 16.6 Å². The third kappa shape index (κ3) is 2.87. The first kappa shape index (κ1) is 17.6. The lowest BCUT2D eigenvalue weighted by Gasteiger charge is -2.43. The van der Waals surface area contributed by atoms with Crippen LogP contribution in [0.1, 0.15) is 31.5 Å². The molecule has 148 valence electrons. The summed E-state index contributed by atoms with van der Waals surface area (Å²) in [6, 6.07) is 5.81. The van der Waals surface area contributed by atoms with Crippen molar-refractivity contribution in [2.75, 3.05) is 45.7 Å². The third-order valence-corrected chi connectivity index (χ3v) is 5.90. The summed E-state index contributed by atoms with van der Waals surface area (Å²) in [5.74, 6) is 2.18. The number of benzene rings is 1. The topological polar surface area (TPSA) is 90.8 Å². The van der Waals surface area contributed by atoms with Gasteiger partial charge in [0, 0.05) is 29.8 Å². The lowest BCUT2D eigenvalue weighted by Crippen LogP contribution is -2.50. The summed E-state index contributed by atoms with van der Waals surface area (Å²) in [5.41, 5.74) is 7.94. The molecule has 1 aromatic carbocycles. The highest BCUT2D eigenvalue weighted by Gasteiger charge is 2.37. The molecule has 4 heterocycles. The van der Waals surface area contributed by atoms with Crippen molar-refractivity contribution in [2.24, 2.45) is 5.41 Å². The summed E-state index contributed by atoms with van der Waals surface area (Å²) in [4.78, 5) is 11.9. The Bertz CT molecular complexity index is 1030. The molecule has 2 aliphatic rings. The summed E-state index contributed by atoms with van der Waals surface area (Å²) < 4.78 is 12.5. The SMILES string of the molecule is COc1cccc2c1nc(N)n1nc(C3CCCN(CC4(C)COC4)C3)nc21. The second-order valence-electron chi connectivity index (χ2n) is 8.41. The molecule has 8 heteroatoms. The molecule has 0 aliphatic carbocycles. The van der Waals surface area contributed by atoms with E-state index in [9.17, 15) is 0 Å². The Morgan fingerprint density at radius 1 is 1.32 bits per heavy atom. The van der Waals surface area contributed by atoms with Crippen molar-refractivity contribution in [3.63, 3.8) is 0 Å². The van der Waals surface area contributed by atoms with Gasteiger partial charge in [0.05, 0.1) is 20.3 Å². The molecule has 8 nitrogen and oxygen atoms in total. The Kier molecular flexibility index (Phi) is 4.13. The number of para-hydroxylation sites is 1. The average Bonchev–Trinajstić information content (AvgIpc) is 3.13. The predicted octanol–water partition coefficient (Wildman–Crippen LogP) is 2.08. The molecule has 0 radical (unpaired) electrons. The van der Waals surface area contributed by atoms with Crippen LogP contribution in [0.5, 0.6) is 5.75 Å². The monoisotopic (exact) mass is 382 g/mol. The number of likely N-dealkylation sites (tertiary alicyclic amines) is 1. The number of hydrogen-bond acceptors (Lipinski definition) is 7. The van der Waals surface area contributed by atoms with Gasteiger partial charge in [-0.3, -0.25) is 0 Å². The molecule has 1 unspecified atom stereocenters. The van der Waals surface area contributed by atoms with Gasteiger partial charge in [0.25, 0.3) is 0 Å². The minimum Gasteiger partial charge on any atom is -0.494 e. The average molecular weight is 382 g/mol. The van der Waals surface area contributed by atoms with Gasteiger partial charge in [-0.15, -0.1) is 5.10 Å². The maximum atomic E-state index is 6.19. The summed E-state index contributed by atoms with van der Waals surface area (Å²) >= 11 is 0. The fraction of sp³-hybridized carbons (Fsp3) is 0.550. The highest BCUT2D eigenvalue weighted by molar-refractivity contribution is 5.95. The molecule has 1 atom stereocenters. The van der Waals surface area contributed by atoms with E-state index in [-0.39, 0.29) is 5.41 Å². The van der Waals surface area contributed by atoms with Crippen molar-refractivity contribution in [3.05, 3.63) is 24.0 Å². The zero-order valence-electron chi connectivity index (χ0n) is 16.4. The Labute approximate surface area is 163 Å². The third-order valence-electron chi connectivity index (χ3n) is 5.90. The first-order chi connectivity index (χ1) is 13.6. The summed E-state index contributed by atoms with van der Waals surface area (Å²) in [5, 5.41) is 5.63. The second kappa shape index (κ2) is 6.56. The van der Waals surface area contributed by atoms with Gasteiger partial charge in [0.15, 0.2) is 11.5 Å². The lowest BCUT2D eigenvalue weighted by atomic mass is 9.86. The van der Waals surface area contributed by atoms with Gasteiger partial charge in [-0.1, -0.05) is 13.0 Å². The fourth-order valence-corrected chi connectivity index (χ4v) is 4.47. The zero-order valence-corrected chi connectivity index (χ0v) is 16.4. The highest BCUT2D eigenvalue weighted by Crippen LogP contribution is 2.33. The van der Waals surface area contributed by atoms with E-state index in [0.717, 1.165) is 68.1 Å². The Morgan fingerprint density at radius 3 is 2.93 bits per heavy atom. The molecular weight excluding hydrogens is 356 g/mol. The number of hydrogen-bond donors (Lipinski definition) is 1. The van der Waals surface area contributed by atoms with Gasteiger partial charge in [0.2, 0.25) is 5.95 Å². The smallest absolute Gasteiger partial charge is 0.223 e. The Morgan fingerprint density at radius 2 is 2.18 bits per heavy atom. The van der Waals surface area contributed by atoms with Crippen LogP contribution in [-0.4, -0.2) is 64.4 Å². The van der Waals surface area contributed by atoms with E-state index in [2.05, 4.69) is 16.8 Å². The molecule has 2 fully saturated rings. The molecule has 2 saturated heterocycles. The molecule has 28 heavy (non-hydrogen) atoms. The summed E-state index contributed by atoms with van der Waals surface area (Å²) in [7, 11) is 1.64. The van der Waals surface area contributed by atoms with E-state index < -0.39 is 0 Å². The van der Waals surface area contributed by atoms with Crippen LogP contribution in [0.4, 0.5) is 5.95 Å². The number of fused-ring (bicyclic) bond motifs is 3. The zero-order chi connectivity index (χ0) is 19.3. The van der Waals surface area contributed by atoms with Crippen LogP contribution in [0, 0.1) is 5.41 Å². The largest absolute Gasteiger partial charge is 0.494 e. The first-order valence-corrected chi connectivity index (χ1v) is 9.85. The molecule has 2 aromatic heterocycles. The van der Waals surface area contributed by atoms with E-state index >= 15 is 0 Å². The van der Waals surface area contributed by atoms with Crippen LogP contribution < -0.4 is 10.5 Å². The summed E-state index contributed by atoms with van der Waals surface area (Å²) in [6.45, 7) is 7.19. The minimum atomic E-state index is 0.287. The van der Waals surface area contributed by atoms with Crippen LogP contribution in [0.2, 0.25) is 0 Å². The van der Waals surface area contributed by atoms with E-state index in [1.165, 1.54) is 0 Å². The molecule has 5 rings (SSSR count). The number of anilines is 1. The van der Waals surface area contributed by atoms with Gasteiger partial charge in [-0.05, 0) is 31.5 Å². The molecule has 2 N–H and O–H groups in total. The number of aromatic nitrogens is 4. The van der Waals surface area contributed by atoms with Gasteiger partial charge in [-0.2, -0.15) is 4.52 Å². The minimum absolute atomic E-state index is 0.287. The van der Waals surface area contributed by atoms with Crippen molar-refractivity contribution in [2.45, 2.75) is 25.7 Å². The van der Waals surface area contributed by atoms with Gasteiger partial charge >= 0.3 is 0 Å². The van der Waals surface area contributed by atoms with E-state index in [1.807, 2.05) is 18.2 Å². The number of methoxy groups -OCH3 is 1. The Hall–Kier alpha value is -2.45. The lowest BCUT2D eigenvalue weighted by molar-refractivity contribution is -0.117. The molecule has 3 aromatic rings. The highest BCUT2D eigenvalue weighted by atomic mass is 16.5. The van der Waals surface area contributed by atoms with E-state index in [1.54, 1.807) is 11.6 Å². The van der Waals surface area contributed by atoms with Gasteiger partial charge in [0.1, 0.15) is 11.3 Å². The molecule has 2 aliphatic heterocycles. The van der Waals surface area contributed by atoms with Crippen LogP contribution in [0.15, 0.2) is 18.2 Å². The number of piperidine rings is 1. The Balaban J connectivity index is 1.49. The molecule has 0 bridgehead atoms.